The summed E-state index contributed by atoms with van der Waals surface area (Å²) in [6.45, 7) is 4.55. The highest BCUT2D eigenvalue weighted by Crippen LogP contribution is 2.13. The lowest BCUT2D eigenvalue weighted by Crippen LogP contribution is -2.41. The van der Waals surface area contributed by atoms with Crippen molar-refractivity contribution in [2.45, 2.75) is 26.3 Å². The van der Waals surface area contributed by atoms with E-state index in [1.165, 1.54) is 6.26 Å². The number of anilines is 1. The van der Waals surface area contributed by atoms with Gasteiger partial charge in [-0.05, 0) is 42.7 Å². The molecule has 24 heavy (non-hydrogen) atoms. The van der Waals surface area contributed by atoms with Crippen LogP contribution in [-0.2, 0) is 0 Å². The lowest BCUT2D eigenvalue weighted by molar-refractivity contribution is 0.0932. The van der Waals surface area contributed by atoms with Gasteiger partial charge < -0.3 is 20.8 Å². The zero-order valence-electron chi connectivity index (χ0n) is 13.9. The van der Waals surface area contributed by atoms with Gasteiger partial charge in [0, 0.05) is 23.8 Å². The minimum absolute atomic E-state index is 0.0705. The van der Waals surface area contributed by atoms with Crippen LogP contribution in [0.4, 0.5) is 5.69 Å². The fourth-order valence-electron chi connectivity index (χ4n) is 2.39. The summed E-state index contributed by atoms with van der Waals surface area (Å²) < 4.78 is 5.04. The van der Waals surface area contributed by atoms with Crippen LogP contribution in [0, 0.1) is 5.92 Å². The Morgan fingerprint density at radius 1 is 1.17 bits per heavy atom. The summed E-state index contributed by atoms with van der Waals surface area (Å²) in [5, 5.41) is 5.63. The van der Waals surface area contributed by atoms with Gasteiger partial charge in [0.15, 0.2) is 5.76 Å². The van der Waals surface area contributed by atoms with Crippen LogP contribution in [-0.4, -0.2) is 24.4 Å². The third-order valence-electron chi connectivity index (χ3n) is 3.50. The van der Waals surface area contributed by atoms with Crippen molar-refractivity contribution < 1.29 is 14.0 Å². The molecule has 0 aliphatic heterocycles. The minimum Gasteiger partial charge on any atom is -0.459 e. The molecule has 0 saturated carbocycles. The number of carbonyl (C=O) groups is 2. The van der Waals surface area contributed by atoms with Gasteiger partial charge >= 0.3 is 0 Å². The molecule has 0 spiro atoms. The van der Waals surface area contributed by atoms with Crippen LogP contribution in [0.2, 0.25) is 0 Å². The van der Waals surface area contributed by atoms with Crippen molar-refractivity contribution in [2.24, 2.45) is 11.7 Å². The molecule has 0 bridgehead atoms. The Kier molecular flexibility index (Phi) is 6.14. The van der Waals surface area contributed by atoms with Crippen molar-refractivity contribution in [1.82, 2.24) is 5.32 Å². The number of nitrogens with two attached hydrogens (primary N) is 1. The summed E-state index contributed by atoms with van der Waals surface area (Å²) in [4.78, 5) is 24.3. The second-order valence-electron chi connectivity index (χ2n) is 6.05. The summed E-state index contributed by atoms with van der Waals surface area (Å²) in [5.74, 6) is 0.0835. The Balaban J connectivity index is 2.03. The van der Waals surface area contributed by atoms with E-state index in [4.69, 9.17) is 10.2 Å². The summed E-state index contributed by atoms with van der Waals surface area (Å²) in [6.07, 6.45) is 2.25. The first-order chi connectivity index (χ1) is 11.5. The van der Waals surface area contributed by atoms with Gasteiger partial charge in [-0.2, -0.15) is 0 Å². The van der Waals surface area contributed by atoms with E-state index >= 15 is 0 Å². The zero-order valence-corrected chi connectivity index (χ0v) is 13.9. The molecule has 1 aromatic heterocycles. The van der Waals surface area contributed by atoms with Crippen molar-refractivity contribution in [3.63, 3.8) is 0 Å². The van der Waals surface area contributed by atoms with Crippen molar-refractivity contribution in [1.29, 1.82) is 0 Å². The topological polar surface area (TPSA) is 97.4 Å². The summed E-state index contributed by atoms with van der Waals surface area (Å²) in [5.41, 5.74) is 6.71. The van der Waals surface area contributed by atoms with E-state index < -0.39 is 0 Å². The molecule has 1 aromatic carbocycles. The highest BCUT2D eigenvalue weighted by molar-refractivity contribution is 6.03. The number of amides is 2. The monoisotopic (exact) mass is 329 g/mol. The van der Waals surface area contributed by atoms with E-state index in [9.17, 15) is 9.59 Å². The molecular weight excluding hydrogens is 306 g/mol. The molecule has 1 heterocycles. The Morgan fingerprint density at radius 3 is 2.58 bits per heavy atom. The van der Waals surface area contributed by atoms with E-state index in [0.717, 1.165) is 6.42 Å². The number of nitrogens with one attached hydrogen (secondary N) is 2. The SMILES string of the molecule is CC(C)CC(CN)NC(=O)c1cccc(NC(=O)c2ccco2)c1. The molecule has 2 aromatic rings. The molecule has 2 rings (SSSR count). The van der Waals surface area contributed by atoms with Crippen LogP contribution in [0.25, 0.3) is 0 Å². The predicted octanol–water partition coefficient (Wildman–Crippen LogP) is 2.64. The fourth-order valence-corrected chi connectivity index (χ4v) is 2.39. The minimum atomic E-state index is -0.364. The van der Waals surface area contributed by atoms with E-state index in [-0.39, 0.29) is 23.6 Å². The second kappa shape index (κ2) is 8.31. The molecular formula is C18H23N3O3. The molecule has 0 radical (unpaired) electrons. The highest BCUT2D eigenvalue weighted by Gasteiger charge is 2.15. The Morgan fingerprint density at radius 2 is 1.96 bits per heavy atom. The highest BCUT2D eigenvalue weighted by atomic mass is 16.3. The average molecular weight is 329 g/mol. The summed E-state index contributed by atoms with van der Waals surface area (Å²) >= 11 is 0. The van der Waals surface area contributed by atoms with Gasteiger partial charge in [0.1, 0.15) is 0 Å². The second-order valence-corrected chi connectivity index (χ2v) is 6.05. The zero-order chi connectivity index (χ0) is 17.5. The van der Waals surface area contributed by atoms with Gasteiger partial charge in [0.25, 0.3) is 11.8 Å². The molecule has 0 aliphatic carbocycles. The van der Waals surface area contributed by atoms with E-state index in [1.807, 2.05) is 0 Å². The standard InChI is InChI=1S/C18H23N3O3/c1-12(2)9-15(11-19)21-17(22)13-5-3-6-14(10-13)20-18(23)16-7-4-8-24-16/h3-8,10,12,15H,9,11,19H2,1-2H3,(H,20,23)(H,21,22). The van der Waals surface area contributed by atoms with Crippen LogP contribution >= 0.6 is 0 Å². The molecule has 0 fully saturated rings. The molecule has 0 aliphatic rings. The van der Waals surface area contributed by atoms with Crippen LogP contribution in [0.1, 0.15) is 41.2 Å². The maximum absolute atomic E-state index is 12.4. The van der Waals surface area contributed by atoms with E-state index in [2.05, 4.69) is 24.5 Å². The normalized spacial score (nSPS) is 12.0. The number of rotatable bonds is 7. The summed E-state index contributed by atoms with van der Waals surface area (Å²) in [6, 6.07) is 9.89. The summed E-state index contributed by atoms with van der Waals surface area (Å²) in [7, 11) is 0. The average Bonchev–Trinajstić information content (AvgIpc) is 3.08. The van der Waals surface area contributed by atoms with Gasteiger partial charge in [-0.1, -0.05) is 19.9 Å². The van der Waals surface area contributed by atoms with Gasteiger partial charge in [-0.3, -0.25) is 9.59 Å². The predicted molar refractivity (Wildman–Crippen MR) is 92.9 cm³/mol. The lowest BCUT2D eigenvalue weighted by Gasteiger charge is -2.19. The Labute approximate surface area is 141 Å². The van der Waals surface area contributed by atoms with Crippen molar-refractivity contribution >= 4 is 17.5 Å². The van der Waals surface area contributed by atoms with Crippen LogP contribution in [0.15, 0.2) is 47.1 Å². The lowest BCUT2D eigenvalue weighted by atomic mass is 10.0. The first kappa shape index (κ1) is 17.7. The number of furan rings is 1. The van der Waals surface area contributed by atoms with Crippen molar-refractivity contribution in [2.75, 3.05) is 11.9 Å². The molecule has 6 heteroatoms. The number of hydrogen-bond donors (Lipinski definition) is 3. The van der Waals surface area contributed by atoms with Crippen LogP contribution in [0.3, 0.4) is 0 Å². The van der Waals surface area contributed by atoms with E-state index in [1.54, 1.807) is 36.4 Å². The molecule has 2 amide bonds. The fraction of sp³-hybridized carbons (Fsp3) is 0.333. The van der Waals surface area contributed by atoms with Gasteiger partial charge in [-0.25, -0.2) is 0 Å². The smallest absolute Gasteiger partial charge is 0.291 e. The maximum atomic E-state index is 12.4. The van der Waals surface area contributed by atoms with Crippen molar-refractivity contribution in [3.8, 4) is 0 Å². The molecule has 128 valence electrons. The first-order valence-corrected chi connectivity index (χ1v) is 7.95. The largest absolute Gasteiger partial charge is 0.459 e. The molecule has 4 N–H and O–H groups in total. The van der Waals surface area contributed by atoms with Crippen molar-refractivity contribution in [3.05, 3.63) is 54.0 Å². The third kappa shape index (κ3) is 4.96. The molecule has 6 nitrogen and oxygen atoms in total. The van der Waals surface area contributed by atoms with Crippen LogP contribution in [0.5, 0.6) is 0 Å². The Hall–Kier alpha value is -2.60. The van der Waals surface area contributed by atoms with Crippen LogP contribution < -0.4 is 16.4 Å². The number of benzene rings is 1. The molecule has 1 unspecified atom stereocenters. The number of hydrogen-bond acceptors (Lipinski definition) is 4. The molecule has 1 atom stereocenters. The third-order valence-corrected chi connectivity index (χ3v) is 3.50. The molecule has 0 saturated heterocycles. The van der Waals surface area contributed by atoms with Gasteiger partial charge in [-0.15, -0.1) is 0 Å². The first-order valence-electron chi connectivity index (χ1n) is 7.95. The van der Waals surface area contributed by atoms with E-state index in [0.29, 0.717) is 23.7 Å². The van der Waals surface area contributed by atoms with Gasteiger partial charge in [0.2, 0.25) is 0 Å². The quantitative estimate of drug-likeness (QED) is 0.727. The number of carbonyl (C=O) groups excluding carboxylic acids is 2. The van der Waals surface area contributed by atoms with Gasteiger partial charge in [0.05, 0.1) is 6.26 Å². The Bertz CT molecular complexity index is 681. The maximum Gasteiger partial charge on any atom is 0.291 e.